The molecule has 1 unspecified atom stereocenters. The molecule has 0 aliphatic heterocycles. The van der Waals surface area contributed by atoms with Gasteiger partial charge in [0.05, 0.1) is 36.8 Å². The van der Waals surface area contributed by atoms with Gasteiger partial charge in [0.1, 0.15) is 0 Å². The third-order valence-electron chi connectivity index (χ3n) is 2.46. The fourth-order valence-corrected chi connectivity index (χ4v) is 2.03. The molecule has 0 saturated carbocycles. The molecule has 0 aliphatic carbocycles. The SMILES string of the molecule is COc1cccc(CC(N)c2cnsn2)c1F. The van der Waals surface area contributed by atoms with Crippen LogP contribution in [0.3, 0.4) is 0 Å². The maximum absolute atomic E-state index is 13.9. The Bertz CT molecular complexity index is 489. The number of hydrogen-bond donors (Lipinski definition) is 1. The topological polar surface area (TPSA) is 61.0 Å². The minimum atomic E-state index is -0.367. The summed E-state index contributed by atoms with van der Waals surface area (Å²) in [5.74, 6) is -0.139. The summed E-state index contributed by atoms with van der Waals surface area (Å²) in [6.07, 6.45) is 1.97. The fraction of sp³-hybridized carbons (Fsp3) is 0.273. The van der Waals surface area contributed by atoms with Crippen LogP contribution in [0.15, 0.2) is 24.4 Å². The van der Waals surface area contributed by atoms with E-state index >= 15 is 0 Å². The molecule has 0 saturated heterocycles. The summed E-state index contributed by atoms with van der Waals surface area (Å²) in [7, 11) is 1.44. The van der Waals surface area contributed by atoms with Gasteiger partial charge in [0.25, 0.3) is 0 Å². The maximum atomic E-state index is 13.9. The Hall–Kier alpha value is -1.53. The fourth-order valence-electron chi connectivity index (χ4n) is 1.55. The Morgan fingerprint density at radius 3 is 3.00 bits per heavy atom. The number of benzene rings is 1. The van der Waals surface area contributed by atoms with Crippen molar-refractivity contribution in [1.82, 2.24) is 8.75 Å². The minimum absolute atomic E-state index is 0.228. The average molecular weight is 253 g/mol. The largest absolute Gasteiger partial charge is 0.494 e. The van der Waals surface area contributed by atoms with Gasteiger partial charge in [-0.15, -0.1) is 0 Å². The number of nitrogens with two attached hydrogens (primary N) is 1. The summed E-state index contributed by atoms with van der Waals surface area (Å²) in [6.45, 7) is 0. The first-order valence-electron chi connectivity index (χ1n) is 5.06. The molecule has 1 heterocycles. The Labute approximate surface area is 103 Å². The van der Waals surface area contributed by atoms with Crippen LogP contribution >= 0.6 is 11.7 Å². The van der Waals surface area contributed by atoms with Gasteiger partial charge < -0.3 is 10.5 Å². The highest BCUT2D eigenvalue weighted by molar-refractivity contribution is 6.99. The second kappa shape index (κ2) is 5.20. The Morgan fingerprint density at radius 1 is 1.53 bits per heavy atom. The molecule has 17 heavy (non-hydrogen) atoms. The molecule has 2 aromatic rings. The van der Waals surface area contributed by atoms with Gasteiger partial charge >= 0.3 is 0 Å². The van der Waals surface area contributed by atoms with Crippen molar-refractivity contribution < 1.29 is 9.13 Å². The molecule has 4 nitrogen and oxygen atoms in total. The highest BCUT2D eigenvalue weighted by atomic mass is 32.1. The van der Waals surface area contributed by atoms with Crippen molar-refractivity contribution in [3.63, 3.8) is 0 Å². The number of halogens is 1. The lowest BCUT2D eigenvalue weighted by Crippen LogP contribution is -2.14. The zero-order valence-corrected chi connectivity index (χ0v) is 10.1. The van der Waals surface area contributed by atoms with E-state index in [-0.39, 0.29) is 17.6 Å². The van der Waals surface area contributed by atoms with E-state index in [4.69, 9.17) is 10.5 Å². The Morgan fingerprint density at radius 2 is 2.35 bits per heavy atom. The standard InChI is InChI=1S/C11H12FN3OS/c1-16-10-4-2-3-7(11(10)12)5-8(13)9-6-14-17-15-9/h2-4,6,8H,5,13H2,1H3. The van der Waals surface area contributed by atoms with Crippen molar-refractivity contribution in [2.45, 2.75) is 12.5 Å². The van der Waals surface area contributed by atoms with Crippen molar-refractivity contribution in [3.8, 4) is 5.75 Å². The Balaban J connectivity index is 2.19. The molecular weight excluding hydrogens is 241 g/mol. The summed E-state index contributed by atoms with van der Waals surface area (Å²) in [6, 6.07) is 4.66. The van der Waals surface area contributed by atoms with Crippen molar-refractivity contribution in [3.05, 3.63) is 41.5 Å². The van der Waals surface area contributed by atoms with Gasteiger partial charge in [0.15, 0.2) is 11.6 Å². The zero-order chi connectivity index (χ0) is 12.3. The van der Waals surface area contributed by atoms with Crippen LogP contribution < -0.4 is 10.5 Å². The van der Waals surface area contributed by atoms with Crippen molar-refractivity contribution in [1.29, 1.82) is 0 Å². The van der Waals surface area contributed by atoms with E-state index in [1.165, 1.54) is 7.11 Å². The molecule has 0 amide bonds. The van der Waals surface area contributed by atoms with E-state index in [1.807, 2.05) is 0 Å². The molecule has 0 radical (unpaired) electrons. The molecule has 90 valence electrons. The lowest BCUT2D eigenvalue weighted by molar-refractivity contribution is 0.383. The van der Waals surface area contributed by atoms with Crippen molar-refractivity contribution in [2.75, 3.05) is 7.11 Å². The molecule has 0 bridgehead atoms. The summed E-state index contributed by atoms with van der Waals surface area (Å²) >= 11 is 1.09. The summed E-state index contributed by atoms with van der Waals surface area (Å²) in [5.41, 5.74) is 7.12. The van der Waals surface area contributed by atoms with Gasteiger partial charge in [-0.05, 0) is 18.1 Å². The van der Waals surface area contributed by atoms with E-state index in [0.717, 1.165) is 11.7 Å². The molecule has 0 aliphatic rings. The lowest BCUT2D eigenvalue weighted by atomic mass is 10.0. The van der Waals surface area contributed by atoms with E-state index in [9.17, 15) is 4.39 Å². The lowest BCUT2D eigenvalue weighted by Gasteiger charge is -2.11. The molecule has 1 aromatic heterocycles. The monoisotopic (exact) mass is 253 g/mol. The van der Waals surface area contributed by atoms with Crippen LogP contribution in [0.2, 0.25) is 0 Å². The van der Waals surface area contributed by atoms with E-state index < -0.39 is 0 Å². The molecule has 1 atom stereocenters. The Kier molecular flexibility index (Phi) is 3.65. The molecule has 0 fully saturated rings. The van der Waals surface area contributed by atoms with E-state index in [2.05, 4.69) is 8.75 Å². The number of aromatic nitrogens is 2. The zero-order valence-electron chi connectivity index (χ0n) is 9.26. The average Bonchev–Trinajstić information content (AvgIpc) is 2.85. The van der Waals surface area contributed by atoms with Gasteiger partial charge in [0, 0.05) is 0 Å². The van der Waals surface area contributed by atoms with Crippen LogP contribution in [-0.2, 0) is 6.42 Å². The predicted molar refractivity (Wildman–Crippen MR) is 63.5 cm³/mol. The van der Waals surface area contributed by atoms with Crippen molar-refractivity contribution in [2.24, 2.45) is 5.73 Å². The summed E-state index contributed by atoms with van der Waals surface area (Å²) in [5, 5.41) is 0. The minimum Gasteiger partial charge on any atom is -0.494 e. The van der Waals surface area contributed by atoms with Crippen molar-refractivity contribution >= 4 is 11.7 Å². The van der Waals surface area contributed by atoms with Crippen LogP contribution in [0.25, 0.3) is 0 Å². The summed E-state index contributed by atoms with van der Waals surface area (Å²) in [4.78, 5) is 0. The van der Waals surface area contributed by atoms with Crippen LogP contribution in [0.1, 0.15) is 17.3 Å². The number of ether oxygens (including phenoxy) is 1. The first kappa shape index (κ1) is 11.9. The van der Waals surface area contributed by atoms with Crippen LogP contribution in [0, 0.1) is 5.82 Å². The third-order valence-corrected chi connectivity index (χ3v) is 2.95. The van der Waals surface area contributed by atoms with Gasteiger partial charge in [0.2, 0.25) is 0 Å². The second-order valence-electron chi connectivity index (χ2n) is 3.58. The highest BCUT2D eigenvalue weighted by Crippen LogP contribution is 2.23. The van der Waals surface area contributed by atoms with Crippen LogP contribution in [-0.4, -0.2) is 15.9 Å². The van der Waals surface area contributed by atoms with Crippen LogP contribution in [0.4, 0.5) is 4.39 Å². The summed E-state index contributed by atoms with van der Waals surface area (Å²) < 4.78 is 26.7. The molecule has 0 spiro atoms. The molecule has 1 aromatic carbocycles. The van der Waals surface area contributed by atoms with Gasteiger partial charge in [-0.1, -0.05) is 12.1 Å². The number of hydrogen-bond acceptors (Lipinski definition) is 5. The van der Waals surface area contributed by atoms with E-state index in [0.29, 0.717) is 17.7 Å². The normalized spacial score (nSPS) is 12.4. The first-order chi connectivity index (χ1) is 8.22. The molecular formula is C11H12FN3OS. The van der Waals surface area contributed by atoms with Gasteiger partial charge in [-0.2, -0.15) is 8.75 Å². The molecule has 2 N–H and O–H groups in total. The van der Waals surface area contributed by atoms with Gasteiger partial charge in [-0.25, -0.2) is 4.39 Å². The van der Waals surface area contributed by atoms with E-state index in [1.54, 1.807) is 24.4 Å². The quantitative estimate of drug-likeness (QED) is 0.904. The van der Waals surface area contributed by atoms with Crippen LogP contribution in [0.5, 0.6) is 5.75 Å². The maximum Gasteiger partial charge on any atom is 0.168 e. The predicted octanol–water partition coefficient (Wildman–Crippen LogP) is 1.93. The highest BCUT2D eigenvalue weighted by Gasteiger charge is 2.14. The molecule has 6 heteroatoms. The first-order valence-corrected chi connectivity index (χ1v) is 5.80. The second-order valence-corrected chi connectivity index (χ2v) is 4.13. The number of nitrogens with zero attached hydrogens (tertiary/aromatic N) is 2. The number of rotatable bonds is 4. The van der Waals surface area contributed by atoms with Gasteiger partial charge in [-0.3, -0.25) is 0 Å². The third kappa shape index (κ3) is 2.59. The smallest absolute Gasteiger partial charge is 0.168 e. The molecule has 2 rings (SSSR count). The number of methoxy groups -OCH3 is 1.